The zero-order valence-electron chi connectivity index (χ0n) is 23.7. The Bertz CT molecular complexity index is 803. The maximum Gasteiger partial charge on any atom is 0.312 e. The Labute approximate surface area is 214 Å². The first-order chi connectivity index (χ1) is 16.0. The molecule has 4 atom stereocenters. The van der Waals surface area contributed by atoms with Crippen molar-refractivity contribution in [1.29, 1.82) is 0 Å². The summed E-state index contributed by atoms with van der Waals surface area (Å²) in [7, 11) is 0. The van der Waals surface area contributed by atoms with Gasteiger partial charge in [-0.1, -0.05) is 0 Å². The zero-order chi connectivity index (χ0) is 28.9. The minimum absolute atomic E-state index is 0.238. The molecule has 10 nitrogen and oxygen atoms in total. The molecule has 0 radical (unpaired) electrons. The molecule has 0 unspecified atom stereocenters. The lowest BCUT2D eigenvalue weighted by molar-refractivity contribution is -0.211. The summed E-state index contributed by atoms with van der Waals surface area (Å²) in [5.41, 5.74) is -4.13. The van der Waals surface area contributed by atoms with Crippen LogP contribution in [0.4, 0.5) is 0 Å². The molecule has 1 N–H and O–H groups in total. The van der Waals surface area contributed by atoms with Crippen LogP contribution in [0.5, 0.6) is 0 Å². The topological polar surface area (TPSA) is 142 Å². The Kier molecular flexibility index (Phi) is 11.3. The van der Waals surface area contributed by atoms with Gasteiger partial charge in [0.25, 0.3) is 0 Å². The second-order valence-electron chi connectivity index (χ2n) is 12.9. The van der Waals surface area contributed by atoms with Crippen LogP contribution < -0.4 is 0 Å². The lowest BCUT2D eigenvalue weighted by Crippen LogP contribution is -2.55. The SMILES string of the molecule is CC(C)(C)C(=O)O[C@H]([C@H](OC(=O)C(C)(C)C)[C@H](C=O)OC(=O)C(C)(C)C)[C@@H](CO)OC(=O)C(C)(C)C. The molecule has 0 aliphatic carbocycles. The van der Waals surface area contributed by atoms with E-state index in [1.165, 1.54) is 0 Å². The number of ether oxygens (including phenoxy) is 4. The molecule has 0 aromatic carbocycles. The molecule has 0 fully saturated rings. The van der Waals surface area contributed by atoms with Gasteiger partial charge in [0, 0.05) is 0 Å². The van der Waals surface area contributed by atoms with E-state index < -0.39 is 76.6 Å². The Morgan fingerprint density at radius 1 is 0.583 bits per heavy atom. The maximum absolute atomic E-state index is 12.9. The summed E-state index contributed by atoms with van der Waals surface area (Å²) < 4.78 is 22.0. The summed E-state index contributed by atoms with van der Waals surface area (Å²) in [5.74, 6) is -3.12. The number of rotatable bonds is 9. The van der Waals surface area contributed by atoms with E-state index in [0.29, 0.717) is 0 Å². The Balaban J connectivity index is 6.79. The molecule has 0 aromatic heterocycles. The Hall–Kier alpha value is -2.49. The van der Waals surface area contributed by atoms with Crippen molar-refractivity contribution in [3.63, 3.8) is 0 Å². The van der Waals surface area contributed by atoms with E-state index in [4.69, 9.17) is 18.9 Å². The van der Waals surface area contributed by atoms with Crippen molar-refractivity contribution in [3.05, 3.63) is 0 Å². The molecule has 0 bridgehead atoms. The molecular formula is C26H44O10. The summed E-state index contributed by atoms with van der Waals surface area (Å²) in [6.45, 7) is 18.0. The molecule has 0 amide bonds. The van der Waals surface area contributed by atoms with Crippen LogP contribution in [0.3, 0.4) is 0 Å². The number of aldehydes is 1. The third-order valence-electron chi connectivity index (χ3n) is 4.77. The third-order valence-corrected chi connectivity index (χ3v) is 4.77. The van der Waals surface area contributed by atoms with Crippen molar-refractivity contribution in [2.24, 2.45) is 21.7 Å². The molecule has 0 rings (SSSR count). The second kappa shape index (κ2) is 12.2. The van der Waals surface area contributed by atoms with E-state index in [1.807, 2.05) is 0 Å². The highest BCUT2D eigenvalue weighted by Crippen LogP contribution is 2.28. The van der Waals surface area contributed by atoms with Gasteiger partial charge in [-0.05, 0) is 83.1 Å². The van der Waals surface area contributed by atoms with Crippen molar-refractivity contribution >= 4 is 30.2 Å². The van der Waals surface area contributed by atoms with E-state index >= 15 is 0 Å². The number of aliphatic hydroxyl groups excluding tert-OH is 1. The number of hydrogen-bond acceptors (Lipinski definition) is 10. The van der Waals surface area contributed by atoms with Crippen molar-refractivity contribution in [1.82, 2.24) is 0 Å². The molecule has 10 heteroatoms. The van der Waals surface area contributed by atoms with Crippen LogP contribution in [-0.4, -0.2) is 66.3 Å². The van der Waals surface area contributed by atoms with Gasteiger partial charge < -0.3 is 24.1 Å². The molecule has 0 heterocycles. The molecule has 0 saturated carbocycles. The average Bonchev–Trinajstić information content (AvgIpc) is 2.69. The minimum Gasteiger partial charge on any atom is -0.455 e. The molecule has 0 spiro atoms. The smallest absolute Gasteiger partial charge is 0.312 e. The minimum atomic E-state index is -1.73. The fourth-order valence-electron chi connectivity index (χ4n) is 2.27. The number of aliphatic hydroxyl groups is 1. The fraction of sp³-hybridized carbons (Fsp3) is 0.808. The van der Waals surface area contributed by atoms with Gasteiger partial charge in [-0.25, -0.2) is 0 Å². The first-order valence-electron chi connectivity index (χ1n) is 11.9. The summed E-state index contributed by atoms with van der Waals surface area (Å²) >= 11 is 0. The standard InChI is InChI=1S/C26H44O10/c1-23(2,3)19(29)33-15(13-27)17(35-21(31)25(7,8)9)18(36-22(32)26(10,11)12)16(14-28)34-20(30)24(4,5)6/h13,15-18,28H,14H2,1-12H3/t15-,16+,17+,18-/m0/s1. The molecular weight excluding hydrogens is 472 g/mol. The molecule has 36 heavy (non-hydrogen) atoms. The summed E-state index contributed by atoms with van der Waals surface area (Å²) in [5, 5.41) is 10.1. The van der Waals surface area contributed by atoms with Crippen LogP contribution in [0.15, 0.2) is 0 Å². The summed E-state index contributed by atoms with van der Waals surface area (Å²) in [6, 6.07) is 0. The molecule has 208 valence electrons. The summed E-state index contributed by atoms with van der Waals surface area (Å²) in [4.78, 5) is 63.1. The largest absolute Gasteiger partial charge is 0.455 e. The van der Waals surface area contributed by atoms with E-state index in [2.05, 4.69) is 0 Å². The van der Waals surface area contributed by atoms with Gasteiger partial charge in [0.2, 0.25) is 0 Å². The first-order valence-corrected chi connectivity index (χ1v) is 11.9. The van der Waals surface area contributed by atoms with Gasteiger partial charge in [-0.15, -0.1) is 0 Å². The predicted octanol–water partition coefficient (Wildman–Crippen LogP) is 3.01. The van der Waals surface area contributed by atoms with Gasteiger partial charge in [0.05, 0.1) is 28.3 Å². The van der Waals surface area contributed by atoms with Gasteiger partial charge in [-0.2, -0.15) is 0 Å². The van der Waals surface area contributed by atoms with Crippen molar-refractivity contribution in [2.75, 3.05) is 6.61 Å². The summed E-state index contributed by atoms with van der Waals surface area (Å²) in [6.07, 6.45) is -6.44. The van der Waals surface area contributed by atoms with Crippen molar-refractivity contribution in [3.8, 4) is 0 Å². The van der Waals surface area contributed by atoms with E-state index in [9.17, 15) is 29.1 Å². The molecule has 0 aromatic rings. The van der Waals surface area contributed by atoms with Crippen LogP contribution >= 0.6 is 0 Å². The van der Waals surface area contributed by atoms with Crippen LogP contribution in [-0.2, 0) is 42.9 Å². The number of carbonyl (C=O) groups excluding carboxylic acids is 5. The van der Waals surface area contributed by atoms with E-state index in [0.717, 1.165) is 0 Å². The van der Waals surface area contributed by atoms with Gasteiger partial charge in [-0.3, -0.25) is 24.0 Å². The monoisotopic (exact) mass is 516 g/mol. The van der Waals surface area contributed by atoms with Crippen LogP contribution in [0, 0.1) is 21.7 Å². The highest BCUT2D eigenvalue weighted by atomic mass is 16.6. The van der Waals surface area contributed by atoms with Gasteiger partial charge in [0.15, 0.2) is 30.7 Å². The Morgan fingerprint density at radius 2 is 0.889 bits per heavy atom. The van der Waals surface area contributed by atoms with Crippen molar-refractivity contribution < 1.29 is 48.0 Å². The fourth-order valence-corrected chi connectivity index (χ4v) is 2.27. The number of hydrogen-bond donors (Lipinski definition) is 1. The molecule has 0 saturated heterocycles. The lowest BCUT2D eigenvalue weighted by atomic mass is 9.94. The average molecular weight is 517 g/mol. The lowest BCUT2D eigenvalue weighted by Gasteiger charge is -2.37. The van der Waals surface area contributed by atoms with Gasteiger partial charge >= 0.3 is 23.9 Å². The number of carbonyl (C=O) groups is 5. The first kappa shape index (κ1) is 33.5. The quantitative estimate of drug-likeness (QED) is 0.276. The highest BCUT2D eigenvalue weighted by Gasteiger charge is 2.47. The predicted molar refractivity (Wildman–Crippen MR) is 130 cm³/mol. The van der Waals surface area contributed by atoms with Crippen molar-refractivity contribution in [2.45, 2.75) is 108 Å². The highest BCUT2D eigenvalue weighted by molar-refractivity contribution is 5.80. The molecule has 0 aliphatic heterocycles. The van der Waals surface area contributed by atoms with Gasteiger partial charge in [0.1, 0.15) is 0 Å². The van der Waals surface area contributed by atoms with E-state index in [1.54, 1.807) is 83.1 Å². The van der Waals surface area contributed by atoms with E-state index in [-0.39, 0.29) is 6.29 Å². The third kappa shape index (κ3) is 10.2. The maximum atomic E-state index is 12.9. The second-order valence-corrected chi connectivity index (χ2v) is 12.9. The normalized spacial score (nSPS) is 16.1. The number of esters is 4. The van der Waals surface area contributed by atoms with Crippen LogP contribution in [0.25, 0.3) is 0 Å². The Morgan fingerprint density at radius 3 is 1.19 bits per heavy atom. The van der Waals surface area contributed by atoms with Crippen LogP contribution in [0.2, 0.25) is 0 Å². The molecule has 0 aliphatic rings. The zero-order valence-corrected chi connectivity index (χ0v) is 23.7. The van der Waals surface area contributed by atoms with Crippen LogP contribution in [0.1, 0.15) is 83.1 Å².